The van der Waals surface area contributed by atoms with Gasteiger partial charge in [0.25, 0.3) is 0 Å². The Kier molecular flexibility index (Phi) is 7.89. The third kappa shape index (κ3) is 5.80. The van der Waals surface area contributed by atoms with E-state index in [4.69, 9.17) is 0 Å². The van der Waals surface area contributed by atoms with Crippen molar-refractivity contribution >= 4 is 70.9 Å². The van der Waals surface area contributed by atoms with Crippen LogP contribution in [0.2, 0.25) is 0 Å². The molecule has 57 heavy (non-hydrogen) atoms. The van der Waals surface area contributed by atoms with Crippen LogP contribution < -0.4 is 4.90 Å². The van der Waals surface area contributed by atoms with Crippen molar-refractivity contribution in [3.05, 3.63) is 224 Å². The molecule has 0 aliphatic carbocycles. The minimum absolute atomic E-state index is 1.11. The Morgan fingerprint density at radius 2 is 0.667 bits per heavy atom. The SMILES string of the molecule is c1cc(-c2ccc(N(c3ccc(-c4cccc5c4ccc4ccccc45)cc3)c3ccc4c(ccc5ccccc54)c3)cc2)cc(-c2cccc3ccccc23)c1. The van der Waals surface area contributed by atoms with Crippen molar-refractivity contribution < 1.29 is 0 Å². The van der Waals surface area contributed by atoms with Gasteiger partial charge >= 0.3 is 0 Å². The number of benzene rings is 11. The van der Waals surface area contributed by atoms with Crippen molar-refractivity contribution in [2.45, 2.75) is 0 Å². The topological polar surface area (TPSA) is 3.24 Å². The maximum Gasteiger partial charge on any atom is 0.0468 e. The lowest BCUT2D eigenvalue weighted by Gasteiger charge is -2.26. The molecule has 11 aromatic rings. The summed E-state index contributed by atoms with van der Waals surface area (Å²) in [5.41, 5.74) is 10.6. The van der Waals surface area contributed by atoms with Crippen LogP contribution in [-0.2, 0) is 0 Å². The van der Waals surface area contributed by atoms with E-state index in [-0.39, 0.29) is 0 Å². The second kappa shape index (κ2) is 13.7. The molecule has 11 aromatic carbocycles. The molecule has 0 saturated heterocycles. The summed E-state index contributed by atoms with van der Waals surface area (Å²) in [6, 6.07) is 82.0. The number of hydrogen-bond acceptors (Lipinski definition) is 1. The fourth-order valence-electron chi connectivity index (χ4n) is 8.82. The lowest BCUT2D eigenvalue weighted by Crippen LogP contribution is -2.09. The molecule has 0 radical (unpaired) electrons. The van der Waals surface area contributed by atoms with Gasteiger partial charge in [-0.1, -0.05) is 182 Å². The predicted octanol–water partition coefficient (Wildman–Crippen LogP) is 15.9. The van der Waals surface area contributed by atoms with Crippen molar-refractivity contribution in [2.75, 3.05) is 4.90 Å². The first-order chi connectivity index (χ1) is 28.2. The maximum absolute atomic E-state index is 2.38. The summed E-state index contributed by atoms with van der Waals surface area (Å²) in [7, 11) is 0. The molecule has 1 nitrogen and oxygen atoms in total. The molecule has 1 heteroatoms. The smallest absolute Gasteiger partial charge is 0.0468 e. The van der Waals surface area contributed by atoms with Gasteiger partial charge in [0.05, 0.1) is 0 Å². The molecule has 0 unspecified atom stereocenters. The van der Waals surface area contributed by atoms with E-state index >= 15 is 0 Å². The molecule has 0 bridgehead atoms. The fourth-order valence-corrected chi connectivity index (χ4v) is 8.82. The number of rotatable bonds is 6. The molecule has 266 valence electrons. The van der Waals surface area contributed by atoms with Crippen molar-refractivity contribution in [2.24, 2.45) is 0 Å². The van der Waals surface area contributed by atoms with E-state index in [0.717, 1.165) is 17.1 Å². The largest absolute Gasteiger partial charge is 0.310 e. The Hall–Kier alpha value is -7.48. The van der Waals surface area contributed by atoms with Crippen LogP contribution >= 0.6 is 0 Å². The molecule has 11 rings (SSSR count). The van der Waals surface area contributed by atoms with Crippen molar-refractivity contribution in [1.82, 2.24) is 0 Å². The molecule has 0 aromatic heterocycles. The molecule has 0 aliphatic heterocycles. The van der Waals surface area contributed by atoms with E-state index in [1.807, 2.05) is 0 Å². The maximum atomic E-state index is 2.38. The van der Waals surface area contributed by atoms with Gasteiger partial charge < -0.3 is 4.90 Å². The monoisotopic (exact) mass is 723 g/mol. The first-order valence-corrected chi connectivity index (χ1v) is 19.7. The highest BCUT2D eigenvalue weighted by molar-refractivity contribution is 6.12. The average Bonchev–Trinajstić information content (AvgIpc) is 3.29. The molecule has 0 fully saturated rings. The average molecular weight is 724 g/mol. The molecular weight excluding hydrogens is 687 g/mol. The number of anilines is 3. The van der Waals surface area contributed by atoms with E-state index in [1.54, 1.807) is 0 Å². The lowest BCUT2D eigenvalue weighted by atomic mass is 9.94. The quantitative estimate of drug-likeness (QED) is 0.154. The zero-order valence-corrected chi connectivity index (χ0v) is 31.3. The Bertz CT molecular complexity index is 3280. The van der Waals surface area contributed by atoms with Crippen LogP contribution in [0.5, 0.6) is 0 Å². The minimum atomic E-state index is 1.11. The molecule has 0 N–H and O–H groups in total. The van der Waals surface area contributed by atoms with E-state index in [9.17, 15) is 0 Å². The Morgan fingerprint density at radius 1 is 0.211 bits per heavy atom. The summed E-state index contributed by atoms with van der Waals surface area (Å²) in [6.07, 6.45) is 0. The number of fused-ring (bicyclic) bond motifs is 7. The fraction of sp³-hybridized carbons (Fsp3) is 0. The van der Waals surface area contributed by atoms with Gasteiger partial charge in [0.1, 0.15) is 0 Å². The number of nitrogens with zero attached hydrogens (tertiary/aromatic N) is 1. The van der Waals surface area contributed by atoms with Crippen LogP contribution in [0.4, 0.5) is 17.1 Å². The molecular formula is C56H37N. The van der Waals surface area contributed by atoms with Gasteiger partial charge in [-0.3, -0.25) is 0 Å². The molecule has 0 atom stereocenters. The van der Waals surface area contributed by atoms with Crippen LogP contribution in [0.15, 0.2) is 224 Å². The Balaban J connectivity index is 1.00. The van der Waals surface area contributed by atoms with Crippen LogP contribution in [0.25, 0.3) is 87.2 Å². The van der Waals surface area contributed by atoms with Crippen LogP contribution in [0.3, 0.4) is 0 Å². The van der Waals surface area contributed by atoms with Gasteiger partial charge in [0.2, 0.25) is 0 Å². The highest BCUT2D eigenvalue weighted by Crippen LogP contribution is 2.41. The standard InChI is InChI=1S/C56H37N/c1-4-16-49-39(10-1)13-8-19-53(49)44-15-7-14-43(36-44)38-24-29-46(30-25-38)57(48-33-35-54-45(37-48)23-22-40-11-2-5-17-50(40)54)47-31-26-42(27-32-47)52-20-9-21-55-51-18-6-3-12-41(51)28-34-56(52)55/h1-37H. The summed E-state index contributed by atoms with van der Waals surface area (Å²) < 4.78 is 0. The summed E-state index contributed by atoms with van der Waals surface area (Å²) in [6.45, 7) is 0. The van der Waals surface area contributed by atoms with Gasteiger partial charge in [-0.15, -0.1) is 0 Å². The summed E-state index contributed by atoms with van der Waals surface area (Å²) in [5, 5.41) is 12.6. The third-order valence-electron chi connectivity index (χ3n) is 11.6. The third-order valence-corrected chi connectivity index (χ3v) is 11.6. The van der Waals surface area contributed by atoms with E-state index in [2.05, 4.69) is 229 Å². The Labute approximate surface area is 332 Å². The lowest BCUT2D eigenvalue weighted by molar-refractivity contribution is 1.29. The van der Waals surface area contributed by atoms with Crippen molar-refractivity contribution in [3.8, 4) is 33.4 Å². The second-order valence-corrected chi connectivity index (χ2v) is 14.9. The molecule has 0 saturated carbocycles. The molecule has 0 heterocycles. The van der Waals surface area contributed by atoms with Gasteiger partial charge in [0.15, 0.2) is 0 Å². The highest BCUT2D eigenvalue weighted by Gasteiger charge is 2.16. The molecule has 0 amide bonds. The van der Waals surface area contributed by atoms with Crippen LogP contribution in [0.1, 0.15) is 0 Å². The Morgan fingerprint density at radius 3 is 1.40 bits per heavy atom. The second-order valence-electron chi connectivity index (χ2n) is 14.9. The van der Waals surface area contributed by atoms with Gasteiger partial charge in [0, 0.05) is 17.1 Å². The summed E-state index contributed by atoms with van der Waals surface area (Å²) in [5.74, 6) is 0. The van der Waals surface area contributed by atoms with E-state index in [0.29, 0.717) is 0 Å². The molecule has 0 aliphatic rings. The summed E-state index contributed by atoms with van der Waals surface area (Å²) in [4.78, 5) is 2.38. The normalized spacial score (nSPS) is 11.5. The minimum Gasteiger partial charge on any atom is -0.310 e. The molecule has 0 spiro atoms. The van der Waals surface area contributed by atoms with Crippen LogP contribution in [-0.4, -0.2) is 0 Å². The van der Waals surface area contributed by atoms with E-state index in [1.165, 1.54) is 87.2 Å². The zero-order chi connectivity index (χ0) is 37.7. The van der Waals surface area contributed by atoms with Gasteiger partial charge in [-0.2, -0.15) is 0 Å². The number of hydrogen-bond donors (Lipinski definition) is 0. The zero-order valence-electron chi connectivity index (χ0n) is 31.3. The first kappa shape index (κ1) is 32.9. The summed E-state index contributed by atoms with van der Waals surface area (Å²) >= 11 is 0. The van der Waals surface area contributed by atoms with Crippen LogP contribution in [0, 0.1) is 0 Å². The van der Waals surface area contributed by atoms with Crippen molar-refractivity contribution in [1.29, 1.82) is 0 Å². The van der Waals surface area contributed by atoms with Gasteiger partial charge in [-0.25, -0.2) is 0 Å². The highest BCUT2D eigenvalue weighted by atomic mass is 15.1. The van der Waals surface area contributed by atoms with E-state index < -0.39 is 0 Å². The predicted molar refractivity (Wildman–Crippen MR) is 245 cm³/mol. The van der Waals surface area contributed by atoms with Gasteiger partial charge in [-0.05, 0) is 130 Å². The van der Waals surface area contributed by atoms with Crippen molar-refractivity contribution in [3.63, 3.8) is 0 Å². The first-order valence-electron chi connectivity index (χ1n) is 19.7.